The third-order valence-electron chi connectivity index (χ3n) is 3.80. The van der Waals surface area contributed by atoms with Gasteiger partial charge in [0.15, 0.2) is 5.13 Å². The highest BCUT2D eigenvalue weighted by Gasteiger charge is 2.09. The minimum atomic E-state index is -0.123. The van der Waals surface area contributed by atoms with Gasteiger partial charge in [-0.05, 0) is 34.7 Å². The number of rotatable bonds is 7. The van der Waals surface area contributed by atoms with Gasteiger partial charge in [-0.2, -0.15) is 0 Å². The van der Waals surface area contributed by atoms with E-state index in [1.165, 1.54) is 27.8 Å². The standard InChI is InChI=1S/C18H16N8OS2/c1-26-18(23-24-25-26)29-11-16(27)20-13-6-4-12(5-7-13)15-10-28-17(22-15)21-14-3-2-8-19-9-14/h2-10H,11H2,1H3,(H,20,27)(H,21,22). The molecule has 4 rings (SSSR count). The van der Waals surface area contributed by atoms with Gasteiger partial charge in [-0.15, -0.1) is 16.4 Å². The predicted molar refractivity (Wildman–Crippen MR) is 113 cm³/mol. The summed E-state index contributed by atoms with van der Waals surface area (Å²) in [5.74, 6) is 0.105. The number of carbonyl (C=O) groups is 1. The number of amides is 1. The first-order chi connectivity index (χ1) is 14.2. The first-order valence-corrected chi connectivity index (χ1v) is 10.4. The summed E-state index contributed by atoms with van der Waals surface area (Å²) < 4.78 is 1.53. The monoisotopic (exact) mass is 424 g/mol. The molecule has 3 heterocycles. The molecule has 0 aliphatic heterocycles. The average Bonchev–Trinajstić information content (AvgIpc) is 3.37. The van der Waals surface area contributed by atoms with E-state index in [1.54, 1.807) is 19.4 Å². The van der Waals surface area contributed by atoms with E-state index in [2.05, 4.69) is 36.1 Å². The number of carbonyl (C=O) groups excluding carboxylic acids is 1. The van der Waals surface area contributed by atoms with Gasteiger partial charge in [0.2, 0.25) is 11.1 Å². The van der Waals surface area contributed by atoms with Crippen LogP contribution in [0, 0.1) is 0 Å². The topological polar surface area (TPSA) is 111 Å². The summed E-state index contributed by atoms with van der Waals surface area (Å²) in [6.07, 6.45) is 3.47. The number of pyridine rings is 1. The molecule has 0 bridgehead atoms. The van der Waals surface area contributed by atoms with Crippen molar-refractivity contribution in [1.29, 1.82) is 0 Å². The zero-order valence-corrected chi connectivity index (χ0v) is 16.9. The highest BCUT2D eigenvalue weighted by Crippen LogP contribution is 2.27. The lowest BCUT2D eigenvalue weighted by Crippen LogP contribution is -2.14. The number of aromatic nitrogens is 6. The second-order valence-corrected chi connectivity index (χ2v) is 7.70. The van der Waals surface area contributed by atoms with Crippen LogP contribution >= 0.6 is 23.1 Å². The zero-order chi connectivity index (χ0) is 20.1. The Morgan fingerprint density at radius 2 is 2.07 bits per heavy atom. The van der Waals surface area contributed by atoms with E-state index in [1.807, 2.05) is 41.8 Å². The van der Waals surface area contributed by atoms with Gasteiger partial charge in [0, 0.05) is 29.9 Å². The summed E-state index contributed by atoms with van der Waals surface area (Å²) in [5, 5.41) is 20.6. The molecule has 2 N–H and O–H groups in total. The molecule has 11 heteroatoms. The number of anilines is 3. The molecule has 9 nitrogen and oxygen atoms in total. The van der Waals surface area contributed by atoms with Crippen LogP contribution in [0.1, 0.15) is 0 Å². The van der Waals surface area contributed by atoms with E-state index in [4.69, 9.17) is 0 Å². The van der Waals surface area contributed by atoms with Crippen LogP contribution < -0.4 is 10.6 Å². The lowest BCUT2D eigenvalue weighted by Gasteiger charge is -2.05. The van der Waals surface area contributed by atoms with E-state index in [9.17, 15) is 4.79 Å². The van der Waals surface area contributed by atoms with Crippen LogP contribution in [0.5, 0.6) is 0 Å². The molecule has 3 aromatic heterocycles. The number of tetrazole rings is 1. The molecular formula is C18H16N8OS2. The summed E-state index contributed by atoms with van der Waals surface area (Å²) in [7, 11) is 1.73. The number of hydrogen-bond acceptors (Lipinski definition) is 9. The van der Waals surface area contributed by atoms with Gasteiger partial charge in [-0.25, -0.2) is 9.67 Å². The number of aryl methyl sites for hydroxylation is 1. The van der Waals surface area contributed by atoms with Crippen LogP contribution in [-0.4, -0.2) is 41.8 Å². The van der Waals surface area contributed by atoms with Crippen LogP contribution in [0.3, 0.4) is 0 Å². The highest BCUT2D eigenvalue weighted by atomic mass is 32.2. The Bertz CT molecular complexity index is 1090. The maximum absolute atomic E-state index is 12.1. The first-order valence-electron chi connectivity index (χ1n) is 8.55. The van der Waals surface area contributed by atoms with Crippen molar-refractivity contribution in [2.75, 3.05) is 16.4 Å². The summed E-state index contributed by atoms with van der Waals surface area (Å²) in [6, 6.07) is 11.4. The maximum Gasteiger partial charge on any atom is 0.234 e. The number of nitrogens with one attached hydrogen (secondary N) is 2. The van der Waals surface area contributed by atoms with Crippen molar-refractivity contribution in [3.05, 3.63) is 54.2 Å². The number of thiazole rings is 1. The van der Waals surface area contributed by atoms with E-state index >= 15 is 0 Å². The normalized spacial score (nSPS) is 10.7. The Balaban J connectivity index is 1.34. The lowest BCUT2D eigenvalue weighted by molar-refractivity contribution is -0.113. The molecule has 146 valence electrons. The SMILES string of the molecule is Cn1nnnc1SCC(=O)Nc1ccc(-c2csc(Nc3cccnc3)n2)cc1. The number of benzene rings is 1. The second kappa shape index (κ2) is 8.80. The lowest BCUT2D eigenvalue weighted by atomic mass is 10.1. The molecule has 0 unspecified atom stereocenters. The Hall–Kier alpha value is -3.31. The van der Waals surface area contributed by atoms with Crippen LogP contribution in [0.2, 0.25) is 0 Å². The van der Waals surface area contributed by atoms with Gasteiger partial charge < -0.3 is 10.6 Å². The van der Waals surface area contributed by atoms with E-state index in [-0.39, 0.29) is 11.7 Å². The Morgan fingerprint density at radius 3 is 2.79 bits per heavy atom. The minimum absolute atomic E-state index is 0.123. The Labute approximate surface area is 174 Å². The van der Waals surface area contributed by atoms with Crippen molar-refractivity contribution in [1.82, 2.24) is 30.2 Å². The predicted octanol–water partition coefficient (Wildman–Crippen LogP) is 3.20. The fraction of sp³-hybridized carbons (Fsp3) is 0.111. The van der Waals surface area contributed by atoms with Crippen molar-refractivity contribution in [2.45, 2.75) is 5.16 Å². The van der Waals surface area contributed by atoms with Gasteiger partial charge >= 0.3 is 0 Å². The molecule has 0 fully saturated rings. The molecule has 0 atom stereocenters. The molecule has 1 amide bonds. The second-order valence-electron chi connectivity index (χ2n) is 5.90. The molecule has 4 aromatic rings. The summed E-state index contributed by atoms with van der Waals surface area (Å²) in [4.78, 5) is 20.8. The molecule has 1 aromatic carbocycles. The zero-order valence-electron chi connectivity index (χ0n) is 15.3. The molecule has 0 aliphatic rings. The van der Waals surface area contributed by atoms with Gasteiger partial charge in [0.25, 0.3) is 0 Å². The smallest absolute Gasteiger partial charge is 0.234 e. The molecular weight excluding hydrogens is 408 g/mol. The van der Waals surface area contributed by atoms with Crippen LogP contribution in [0.4, 0.5) is 16.5 Å². The summed E-state index contributed by atoms with van der Waals surface area (Å²) in [6.45, 7) is 0. The Morgan fingerprint density at radius 1 is 1.21 bits per heavy atom. The molecule has 0 aliphatic carbocycles. The third kappa shape index (κ3) is 4.95. The number of thioether (sulfide) groups is 1. The van der Waals surface area contributed by atoms with Gasteiger partial charge in [-0.1, -0.05) is 23.9 Å². The molecule has 0 radical (unpaired) electrons. The Kier molecular flexibility index (Phi) is 5.77. The number of nitrogens with zero attached hydrogens (tertiary/aromatic N) is 6. The van der Waals surface area contributed by atoms with Crippen molar-refractivity contribution >= 4 is 45.5 Å². The summed E-state index contributed by atoms with van der Waals surface area (Å²) in [5.41, 5.74) is 3.45. The quantitative estimate of drug-likeness (QED) is 0.435. The summed E-state index contributed by atoms with van der Waals surface area (Å²) >= 11 is 2.80. The van der Waals surface area contributed by atoms with E-state index in [0.717, 1.165) is 27.8 Å². The van der Waals surface area contributed by atoms with Crippen molar-refractivity contribution < 1.29 is 4.79 Å². The maximum atomic E-state index is 12.1. The fourth-order valence-electron chi connectivity index (χ4n) is 2.42. The van der Waals surface area contributed by atoms with Gasteiger partial charge in [-0.3, -0.25) is 9.78 Å². The van der Waals surface area contributed by atoms with Crippen LogP contribution in [0.15, 0.2) is 59.3 Å². The molecule has 0 spiro atoms. The molecule has 29 heavy (non-hydrogen) atoms. The average molecular weight is 425 g/mol. The molecule has 0 saturated carbocycles. The first kappa shape index (κ1) is 19.0. The van der Waals surface area contributed by atoms with Crippen LogP contribution in [0.25, 0.3) is 11.3 Å². The third-order valence-corrected chi connectivity index (χ3v) is 5.56. The fourth-order valence-corrected chi connectivity index (χ4v) is 3.81. The van der Waals surface area contributed by atoms with E-state index < -0.39 is 0 Å². The van der Waals surface area contributed by atoms with E-state index in [0.29, 0.717) is 5.16 Å². The van der Waals surface area contributed by atoms with Crippen molar-refractivity contribution in [2.24, 2.45) is 7.05 Å². The highest BCUT2D eigenvalue weighted by molar-refractivity contribution is 7.99. The molecule has 0 saturated heterocycles. The van der Waals surface area contributed by atoms with Crippen molar-refractivity contribution in [3.8, 4) is 11.3 Å². The van der Waals surface area contributed by atoms with Crippen LogP contribution in [-0.2, 0) is 11.8 Å². The minimum Gasteiger partial charge on any atom is -0.330 e. The van der Waals surface area contributed by atoms with Gasteiger partial charge in [0.1, 0.15) is 0 Å². The largest absolute Gasteiger partial charge is 0.330 e. The van der Waals surface area contributed by atoms with Crippen molar-refractivity contribution in [3.63, 3.8) is 0 Å². The van der Waals surface area contributed by atoms with Gasteiger partial charge in [0.05, 0.1) is 23.3 Å². The number of hydrogen-bond donors (Lipinski definition) is 2.